The Morgan fingerprint density at radius 1 is 1.17 bits per heavy atom. The van der Waals surface area contributed by atoms with Gasteiger partial charge in [0.25, 0.3) is 0 Å². The van der Waals surface area contributed by atoms with Crippen LogP contribution in [0.25, 0.3) is 10.9 Å². The first kappa shape index (κ1) is 8.00. The van der Waals surface area contributed by atoms with Crippen molar-refractivity contribution in [2.45, 2.75) is 0 Å². The van der Waals surface area contributed by atoms with E-state index in [2.05, 4.69) is 26.3 Å². The van der Waals surface area contributed by atoms with Crippen molar-refractivity contribution in [1.29, 1.82) is 0 Å². The van der Waals surface area contributed by atoms with Crippen molar-refractivity contribution < 1.29 is 0 Å². The van der Waals surface area contributed by atoms with Crippen LogP contribution < -0.4 is 4.56 Å². The molecule has 0 bridgehead atoms. The number of halogens is 1. The fourth-order valence-electron chi connectivity index (χ4n) is 1.07. The van der Waals surface area contributed by atoms with Crippen molar-refractivity contribution in [3.63, 3.8) is 0 Å². The number of para-hydroxylation sites is 1. The molecule has 0 aliphatic heterocycles. The summed E-state index contributed by atoms with van der Waals surface area (Å²) in [6, 6.07) is 7.76. The van der Waals surface area contributed by atoms with E-state index in [-0.39, 0.29) is 0 Å². The van der Waals surface area contributed by atoms with E-state index in [0.29, 0.717) is 5.28 Å². The van der Waals surface area contributed by atoms with Crippen LogP contribution in [-0.4, -0.2) is 26.3 Å². The Morgan fingerprint density at radius 3 is 2.75 bits per heavy atom. The van der Waals surface area contributed by atoms with Crippen LogP contribution in [0, 0.1) is 0 Å². The third kappa shape index (κ3) is 1.32. The molecule has 0 fully saturated rings. The predicted molar refractivity (Wildman–Crippen MR) is 49.9 cm³/mol. The van der Waals surface area contributed by atoms with E-state index in [1.54, 1.807) is 0 Å². The third-order valence-electron chi connectivity index (χ3n) is 1.61. The molecule has 0 spiro atoms. The van der Waals surface area contributed by atoms with E-state index in [9.17, 15) is 0 Å². The van der Waals surface area contributed by atoms with Gasteiger partial charge in [-0.15, -0.1) is 0 Å². The molecule has 2 rings (SSSR count). The van der Waals surface area contributed by atoms with Crippen molar-refractivity contribution >= 4 is 43.4 Å². The maximum absolute atomic E-state index is 5.69. The minimum atomic E-state index is 0.290. The van der Waals surface area contributed by atoms with Gasteiger partial charge in [-0.1, -0.05) is 18.2 Å². The molecule has 0 aliphatic carbocycles. The molecule has 12 heavy (non-hydrogen) atoms. The van der Waals surface area contributed by atoms with E-state index >= 15 is 0 Å². The van der Waals surface area contributed by atoms with Gasteiger partial charge in [0.2, 0.25) is 21.6 Å². The van der Waals surface area contributed by atoms with Crippen LogP contribution in [0.4, 0.5) is 0 Å². The zero-order chi connectivity index (χ0) is 8.55. The Labute approximate surface area is 83.0 Å². The van der Waals surface area contributed by atoms with Gasteiger partial charge in [0.15, 0.2) is 0 Å². The van der Waals surface area contributed by atoms with Crippen LogP contribution in [0.5, 0.6) is 0 Å². The lowest BCUT2D eigenvalue weighted by atomic mass is 10.2. The number of aromatic nitrogens is 2. The number of nitrogens with zero attached hydrogens (tertiary/aromatic N) is 2. The summed E-state index contributed by atoms with van der Waals surface area (Å²) in [5, 5.41) is 1.31. The van der Waals surface area contributed by atoms with Gasteiger partial charge in [0.1, 0.15) is 0 Å². The molecule has 2 aromatic rings. The summed E-state index contributed by atoms with van der Waals surface area (Å²) in [6.45, 7) is 0. The minimum absolute atomic E-state index is 0.290. The van der Waals surface area contributed by atoms with Gasteiger partial charge in [-0.25, -0.2) is 9.97 Å². The van der Waals surface area contributed by atoms with Crippen molar-refractivity contribution in [3.05, 3.63) is 29.5 Å². The highest BCUT2D eigenvalue weighted by Crippen LogP contribution is 2.09. The Balaban J connectivity index is 2.89. The minimum Gasteiger partial charge on any atom is -0.244 e. The van der Waals surface area contributed by atoms with Gasteiger partial charge < -0.3 is 0 Å². The summed E-state index contributed by atoms with van der Waals surface area (Å²) in [7, 11) is 0. The fraction of sp³-hybridized carbons (Fsp3) is 0. The van der Waals surface area contributed by atoms with Gasteiger partial charge in [-0.3, -0.25) is 0 Å². The van der Waals surface area contributed by atoms with E-state index < -0.39 is 0 Å². The third-order valence-corrected chi connectivity index (χ3v) is 2.21. The second-order valence-corrected chi connectivity index (χ2v) is 3.28. The SMILES string of the molecule is [Al][c]1nc(Cl)nc2ccccc12. The average Bonchev–Trinajstić information content (AvgIpc) is 2.04. The number of hydrogen-bond donors (Lipinski definition) is 0. The quantitative estimate of drug-likeness (QED) is 0.459. The van der Waals surface area contributed by atoms with Gasteiger partial charge in [-0.2, -0.15) is 0 Å². The molecule has 1 aromatic heterocycles. The Kier molecular flexibility index (Phi) is 2.02. The van der Waals surface area contributed by atoms with Crippen molar-refractivity contribution in [1.82, 2.24) is 9.97 Å². The Morgan fingerprint density at radius 2 is 1.92 bits per heavy atom. The smallest absolute Gasteiger partial charge is 0.221 e. The summed E-state index contributed by atoms with van der Waals surface area (Å²) in [5.41, 5.74) is 0.877. The summed E-state index contributed by atoms with van der Waals surface area (Å²) in [6.07, 6.45) is 0. The maximum Gasteiger partial charge on any atom is 0.221 e. The lowest BCUT2D eigenvalue weighted by Gasteiger charge is -2.00. The van der Waals surface area contributed by atoms with E-state index in [0.717, 1.165) is 15.5 Å². The first-order chi connectivity index (χ1) is 5.77. The molecule has 0 unspecified atom stereocenters. The first-order valence-corrected chi connectivity index (χ1v) is 4.40. The van der Waals surface area contributed by atoms with E-state index in [4.69, 9.17) is 11.6 Å². The van der Waals surface area contributed by atoms with Crippen LogP contribution in [0.1, 0.15) is 0 Å². The van der Waals surface area contributed by atoms with Crippen LogP contribution in [-0.2, 0) is 0 Å². The molecular formula is C8H4AlClN2. The standard InChI is InChI=1S/C8H4ClN2.Al/c9-8-10-5-6-3-1-2-4-7(6)11-8;/h1-4H;. The molecule has 0 N–H and O–H groups in total. The van der Waals surface area contributed by atoms with Crippen LogP contribution in [0.2, 0.25) is 5.28 Å². The van der Waals surface area contributed by atoms with Crippen molar-refractivity contribution in [2.24, 2.45) is 0 Å². The Hall–Kier alpha value is -0.618. The molecule has 0 saturated heterocycles. The van der Waals surface area contributed by atoms with Crippen molar-refractivity contribution in [3.8, 4) is 0 Å². The van der Waals surface area contributed by atoms with Crippen LogP contribution in [0.3, 0.4) is 0 Å². The lowest BCUT2D eigenvalue weighted by molar-refractivity contribution is 1.25. The van der Waals surface area contributed by atoms with Crippen LogP contribution >= 0.6 is 11.6 Å². The molecule has 2 radical (unpaired) electrons. The summed E-state index contributed by atoms with van der Waals surface area (Å²) >= 11 is 8.23. The Bertz CT molecular complexity index is 430. The van der Waals surface area contributed by atoms with Gasteiger partial charge >= 0.3 is 0 Å². The molecule has 0 amide bonds. The largest absolute Gasteiger partial charge is 0.244 e. The summed E-state index contributed by atoms with van der Waals surface area (Å²) in [5.74, 6) is 0. The molecule has 1 aromatic carbocycles. The average molecular weight is 191 g/mol. The highest BCUT2D eigenvalue weighted by molar-refractivity contribution is 6.38. The molecular weight excluding hydrogens is 187 g/mol. The second-order valence-electron chi connectivity index (χ2n) is 2.40. The molecule has 2 nitrogen and oxygen atoms in total. The number of rotatable bonds is 0. The molecule has 56 valence electrons. The van der Waals surface area contributed by atoms with E-state index in [1.165, 1.54) is 0 Å². The number of hydrogen-bond acceptors (Lipinski definition) is 2. The number of benzene rings is 1. The fourth-order valence-corrected chi connectivity index (χ4v) is 1.70. The predicted octanol–water partition coefficient (Wildman–Crippen LogP) is 1.08. The lowest BCUT2D eigenvalue weighted by Crippen LogP contribution is -2.10. The summed E-state index contributed by atoms with van der Waals surface area (Å²) in [4.78, 5) is 8.10. The van der Waals surface area contributed by atoms with Gasteiger partial charge in [0, 0.05) is 5.39 Å². The second kappa shape index (κ2) is 3.02. The van der Waals surface area contributed by atoms with Gasteiger partial charge in [0.05, 0.1) is 5.52 Å². The highest BCUT2D eigenvalue weighted by atomic mass is 35.5. The maximum atomic E-state index is 5.69. The summed E-state index contributed by atoms with van der Waals surface area (Å²) < 4.78 is 0.839. The zero-order valence-electron chi connectivity index (χ0n) is 6.16. The normalized spacial score (nSPS) is 10.4. The molecule has 4 heteroatoms. The molecule has 0 atom stereocenters. The van der Waals surface area contributed by atoms with Gasteiger partial charge in [-0.05, 0) is 22.2 Å². The van der Waals surface area contributed by atoms with Crippen LogP contribution in [0.15, 0.2) is 24.3 Å². The van der Waals surface area contributed by atoms with E-state index in [1.807, 2.05) is 24.3 Å². The zero-order valence-corrected chi connectivity index (χ0v) is 8.07. The number of fused-ring (bicyclic) bond motifs is 1. The first-order valence-electron chi connectivity index (χ1n) is 3.45. The molecule has 0 saturated carbocycles. The topological polar surface area (TPSA) is 25.8 Å². The molecule has 0 aliphatic rings. The van der Waals surface area contributed by atoms with Crippen molar-refractivity contribution in [2.75, 3.05) is 0 Å². The highest BCUT2D eigenvalue weighted by Gasteiger charge is 1.98. The monoisotopic (exact) mass is 190 g/mol. The molecule has 1 heterocycles.